The second-order valence-corrected chi connectivity index (χ2v) is 8.36. The molecule has 1 aliphatic carbocycles. The minimum absolute atomic E-state index is 0.280. The minimum Gasteiger partial charge on any atom is -0.268 e. The number of nitrogens with one attached hydrogen (secondary N) is 2. The van der Waals surface area contributed by atoms with Crippen LogP contribution in [0.4, 0.5) is 0 Å². The van der Waals surface area contributed by atoms with Crippen molar-refractivity contribution in [1.82, 2.24) is 20.6 Å². The zero-order valence-corrected chi connectivity index (χ0v) is 16.5. The van der Waals surface area contributed by atoms with Crippen LogP contribution >= 0.6 is 11.3 Å². The summed E-state index contributed by atoms with van der Waals surface area (Å²) in [6, 6.07) is 11.8. The maximum absolute atomic E-state index is 12.4. The number of carbonyl (C=O) groups excluding carboxylic acids is 2. The van der Waals surface area contributed by atoms with Gasteiger partial charge in [-0.2, -0.15) is 5.10 Å². The fourth-order valence-electron chi connectivity index (χ4n) is 3.40. The van der Waals surface area contributed by atoms with Gasteiger partial charge in [-0.3, -0.25) is 25.1 Å². The van der Waals surface area contributed by atoms with Crippen LogP contribution in [0.5, 0.6) is 0 Å². The molecule has 144 valence electrons. The number of amides is 2. The van der Waals surface area contributed by atoms with E-state index in [0.29, 0.717) is 22.9 Å². The number of fused-ring (bicyclic) bond motifs is 1. The first kappa shape index (κ1) is 18.4. The lowest BCUT2D eigenvalue weighted by Crippen LogP contribution is -2.41. The zero-order chi connectivity index (χ0) is 19.5. The number of hydrogen-bond acceptors (Lipinski definition) is 4. The lowest BCUT2D eigenvalue weighted by molar-refractivity contribution is 0.0849. The molecule has 0 saturated heterocycles. The van der Waals surface area contributed by atoms with E-state index in [1.807, 2.05) is 36.4 Å². The van der Waals surface area contributed by atoms with Crippen LogP contribution in [0.25, 0.3) is 0 Å². The van der Waals surface area contributed by atoms with Gasteiger partial charge in [0.25, 0.3) is 11.8 Å². The molecule has 1 aromatic carbocycles. The van der Waals surface area contributed by atoms with Crippen LogP contribution in [0.15, 0.2) is 48.8 Å². The highest BCUT2D eigenvalue weighted by atomic mass is 32.1. The predicted octanol–water partition coefficient (Wildman–Crippen LogP) is 3.19. The quantitative estimate of drug-likeness (QED) is 0.667. The molecule has 4 rings (SSSR count). The molecule has 2 amide bonds. The minimum atomic E-state index is -0.386. The van der Waals surface area contributed by atoms with Gasteiger partial charge in [-0.15, -0.1) is 11.3 Å². The molecule has 6 nitrogen and oxygen atoms in total. The summed E-state index contributed by atoms with van der Waals surface area (Å²) in [4.78, 5) is 26.6. The molecule has 0 spiro atoms. The Balaban J connectivity index is 1.34. The molecule has 2 aromatic heterocycles. The third-order valence-corrected chi connectivity index (χ3v) is 6.16. The fraction of sp³-hybridized carbons (Fsp3) is 0.286. The van der Waals surface area contributed by atoms with Crippen LogP contribution < -0.4 is 10.9 Å². The van der Waals surface area contributed by atoms with Gasteiger partial charge in [0, 0.05) is 11.1 Å². The number of carbonyl (C=O) groups is 2. The van der Waals surface area contributed by atoms with Gasteiger partial charge in [-0.05, 0) is 42.4 Å². The van der Waals surface area contributed by atoms with Gasteiger partial charge in [0.15, 0.2) is 0 Å². The first-order chi connectivity index (χ1) is 13.6. The summed E-state index contributed by atoms with van der Waals surface area (Å²) in [6.45, 7) is 2.82. The summed E-state index contributed by atoms with van der Waals surface area (Å²) in [7, 11) is 0. The molecule has 0 saturated carbocycles. The Morgan fingerprint density at radius 3 is 2.82 bits per heavy atom. The topological polar surface area (TPSA) is 76.0 Å². The normalized spacial score (nSPS) is 15.7. The molecule has 0 aliphatic heterocycles. The van der Waals surface area contributed by atoms with Gasteiger partial charge in [0.1, 0.15) is 0 Å². The average molecular weight is 395 g/mol. The van der Waals surface area contributed by atoms with Crippen molar-refractivity contribution >= 4 is 23.2 Å². The first-order valence-corrected chi connectivity index (χ1v) is 10.2. The first-order valence-electron chi connectivity index (χ1n) is 9.37. The number of rotatable bonds is 4. The van der Waals surface area contributed by atoms with Gasteiger partial charge < -0.3 is 0 Å². The standard InChI is InChI=1S/C21H22N4O2S/c1-14-7-8-18-16(9-14)10-19(28-18)21(27)24-23-20(26)17-11-22-25(13-17)12-15-5-3-2-4-6-15/h2-6,10-11,13-14H,7-9,12H2,1H3,(H,23,26)(H,24,27)/t14-/m0/s1. The molecule has 1 aliphatic rings. The number of thiophene rings is 1. The summed E-state index contributed by atoms with van der Waals surface area (Å²) in [5.41, 5.74) is 7.75. The van der Waals surface area contributed by atoms with Crippen molar-refractivity contribution in [3.63, 3.8) is 0 Å². The van der Waals surface area contributed by atoms with E-state index in [9.17, 15) is 9.59 Å². The predicted molar refractivity (Wildman–Crippen MR) is 108 cm³/mol. The highest BCUT2D eigenvalue weighted by molar-refractivity contribution is 7.14. The molecule has 2 N–H and O–H groups in total. The Morgan fingerprint density at radius 1 is 1.21 bits per heavy atom. The van der Waals surface area contributed by atoms with E-state index in [0.717, 1.165) is 24.8 Å². The van der Waals surface area contributed by atoms with Crippen LogP contribution in [-0.4, -0.2) is 21.6 Å². The van der Waals surface area contributed by atoms with Crippen molar-refractivity contribution in [2.24, 2.45) is 5.92 Å². The highest BCUT2D eigenvalue weighted by Crippen LogP contribution is 2.32. The molecular formula is C21H22N4O2S. The van der Waals surface area contributed by atoms with E-state index < -0.39 is 0 Å². The van der Waals surface area contributed by atoms with Gasteiger partial charge in [-0.1, -0.05) is 37.3 Å². The van der Waals surface area contributed by atoms with Gasteiger partial charge in [0.05, 0.1) is 23.2 Å². The van der Waals surface area contributed by atoms with Crippen LogP contribution in [0.2, 0.25) is 0 Å². The summed E-state index contributed by atoms with van der Waals surface area (Å²) >= 11 is 1.52. The molecule has 0 unspecified atom stereocenters. The smallest absolute Gasteiger partial charge is 0.268 e. The maximum atomic E-state index is 12.4. The number of aryl methyl sites for hydroxylation is 1. The van der Waals surface area contributed by atoms with E-state index in [1.165, 1.54) is 28.0 Å². The molecule has 0 bridgehead atoms. The van der Waals surface area contributed by atoms with Crippen LogP contribution in [-0.2, 0) is 19.4 Å². The molecule has 0 radical (unpaired) electrons. The summed E-state index contributed by atoms with van der Waals surface area (Å²) in [5, 5.41) is 4.21. The number of hydrogen-bond donors (Lipinski definition) is 2. The Morgan fingerprint density at radius 2 is 2.00 bits per heavy atom. The van der Waals surface area contributed by atoms with E-state index in [2.05, 4.69) is 22.9 Å². The highest BCUT2D eigenvalue weighted by Gasteiger charge is 2.21. The number of hydrazine groups is 1. The molecule has 1 atom stereocenters. The molecule has 7 heteroatoms. The Hall–Kier alpha value is -2.93. The molecule has 3 aromatic rings. The van der Waals surface area contributed by atoms with Crippen molar-refractivity contribution in [2.45, 2.75) is 32.7 Å². The second kappa shape index (κ2) is 7.98. The van der Waals surface area contributed by atoms with Crippen molar-refractivity contribution in [3.05, 3.63) is 75.2 Å². The largest absolute Gasteiger partial charge is 0.279 e. The SMILES string of the molecule is C[C@H]1CCc2sc(C(=O)NNC(=O)c3cnn(Cc4ccccc4)c3)cc2C1. The van der Waals surface area contributed by atoms with Crippen molar-refractivity contribution in [1.29, 1.82) is 0 Å². The lowest BCUT2D eigenvalue weighted by Gasteiger charge is -2.16. The van der Waals surface area contributed by atoms with E-state index in [1.54, 1.807) is 10.9 Å². The molecule has 2 heterocycles. The van der Waals surface area contributed by atoms with Crippen molar-refractivity contribution < 1.29 is 9.59 Å². The Labute approximate surface area is 167 Å². The van der Waals surface area contributed by atoms with E-state index in [-0.39, 0.29) is 11.8 Å². The molecule has 0 fully saturated rings. The van der Waals surface area contributed by atoms with Crippen molar-refractivity contribution in [3.8, 4) is 0 Å². The number of benzene rings is 1. The average Bonchev–Trinajstić information content (AvgIpc) is 3.33. The Kier molecular flexibility index (Phi) is 5.25. The lowest BCUT2D eigenvalue weighted by atomic mass is 9.90. The fourth-order valence-corrected chi connectivity index (χ4v) is 4.51. The summed E-state index contributed by atoms with van der Waals surface area (Å²) in [5.74, 6) is -0.00943. The summed E-state index contributed by atoms with van der Waals surface area (Å²) in [6.07, 6.45) is 6.38. The Bertz CT molecular complexity index is 993. The van der Waals surface area contributed by atoms with Crippen LogP contribution in [0.3, 0.4) is 0 Å². The van der Waals surface area contributed by atoms with Crippen LogP contribution in [0.1, 0.15) is 49.4 Å². The van der Waals surface area contributed by atoms with E-state index >= 15 is 0 Å². The maximum Gasteiger partial charge on any atom is 0.279 e. The number of aromatic nitrogens is 2. The van der Waals surface area contributed by atoms with Gasteiger partial charge >= 0.3 is 0 Å². The monoisotopic (exact) mass is 394 g/mol. The zero-order valence-electron chi connectivity index (χ0n) is 15.6. The summed E-state index contributed by atoms with van der Waals surface area (Å²) < 4.78 is 1.69. The molecular weight excluding hydrogens is 372 g/mol. The van der Waals surface area contributed by atoms with Crippen molar-refractivity contribution in [2.75, 3.05) is 0 Å². The van der Waals surface area contributed by atoms with Gasteiger partial charge in [0.2, 0.25) is 0 Å². The van der Waals surface area contributed by atoms with E-state index in [4.69, 9.17) is 0 Å². The third kappa shape index (κ3) is 4.14. The number of nitrogens with zero attached hydrogens (tertiary/aromatic N) is 2. The van der Waals surface area contributed by atoms with Gasteiger partial charge in [-0.25, -0.2) is 0 Å². The second-order valence-electron chi connectivity index (χ2n) is 7.23. The van der Waals surface area contributed by atoms with Crippen LogP contribution in [0, 0.1) is 5.92 Å². The third-order valence-electron chi connectivity index (χ3n) is 4.93. The molecule has 28 heavy (non-hydrogen) atoms.